The van der Waals surface area contributed by atoms with Crippen LogP contribution >= 0.6 is 23.4 Å². The van der Waals surface area contributed by atoms with E-state index in [4.69, 9.17) is 16.0 Å². The molecule has 0 radical (unpaired) electrons. The molecule has 1 atom stereocenters. The molecule has 1 fully saturated rings. The second-order valence-corrected chi connectivity index (χ2v) is 8.88. The largest absolute Gasteiger partial charge is 0.467 e. The van der Waals surface area contributed by atoms with Gasteiger partial charge in [-0.1, -0.05) is 36.7 Å². The fourth-order valence-corrected chi connectivity index (χ4v) is 4.24. The third-order valence-electron chi connectivity index (χ3n) is 5.05. The number of aromatic nitrogens is 2. The van der Waals surface area contributed by atoms with E-state index in [2.05, 4.69) is 32.4 Å². The van der Waals surface area contributed by atoms with Gasteiger partial charge in [-0.25, -0.2) is 14.8 Å². The van der Waals surface area contributed by atoms with Crippen molar-refractivity contribution in [2.75, 3.05) is 36.8 Å². The lowest BCUT2D eigenvalue weighted by Crippen LogP contribution is -2.56. The zero-order valence-corrected chi connectivity index (χ0v) is 19.9. The van der Waals surface area contributed by atoms with Crippen LogP contribution in [0, 0.1) is 0 Å². The number of anilines is 1. The maximum absolute atomic E-state index is 12.4. The summed E-state index contributed by atoms with van der Waals surface area (Å²) in [5.74, 6) is 1.41. The molecule has 0 bridgehead atoms. The Labute approximate surface area is 197 Å². The molecule has 0 saturated carbocycles. The number of rotatable bonds is 9. The quantitative estimate of drug-likeness (QED) is 0.246. The van der Waals surface area contributed by atoms with Crippen molar-refractivity contribution in [2.45, 2.75) is 44.4 Å². The van der Waals surface area contributed by atoms with Gasteiger partial charge in [-0.2, -0.15) is 0 Å². The number of nitrogens with one attached hydrogen (secondary N) is 2. The minimum atomic E-state index is -0.146. The van der Waals surface area contributed by atoms with E-state index in [1.54, 1.807) is 24.5 Å². The van der Waals surface area contributed by atoms with Crippen LogP contribution in [0.15, 0.2) is 34.0 Å². The van der Waals surface area contributed by atoms with Crippen LogP contribution in [0.4, 0.5) is 10.6 Å². The average Bonchev–Trinajstić information content (AvgIpc) is 3.29. The molecular formula is C21H29ClN6O3S. The van der Waals surface area contributed by atoms with Crippen molar-refractivity contribution in [3.05, 3.63) is 35.4 Å². The summed E-state index contributed by atoms with van der Waals surface area (Å²) >= 11 is 7.45. The molecule has 3 amide bonds. The molecule has 0 spiro atoms. The molecule has 3 heterocycles. The first-order valence-corrected chi connectivity index (χ1v) is 12.1. The zero-order chi connectivity index (χ0) is 22.9. The number of piperazine rings is 1. The molecule has 1 aliphatic rings. The Hall–Kier alpha value is -2.46. The Morgan fingerprint density at radius 3 is 2.88 bits per heavy atom. The Balaban J connectivity index is 1.52. The van der Waals surface area contributed by atoms with Gasteiger partial charge in [-0.3, -0.25) is 4.79 Å². The lowest BCUT2D eigenvalue weighted by Gasteiger charge is -2.40. The smallest absolute Gasteiger partial charge is 0.317 e. The van der Waals surface area contributed by atoms with Gasteiger partial charge in [0, 0.05) is 38.3 Å². The van der Waals surface area contributed by atoms with Gasteiger partial charge in [0.2, 0.25) is 5.91 Å². The summed E-state index contributed by atoms with van der Waals surface area (Å²) in [6, 6.07) is 5.30. The molecule has 174 valence electrons. The minimum absolute atomic E-state index is 0.0249. The number of urea groups is 1. The first-order chi connectivity index (χ1) is 15.5. The highest BCUT2D eigenvalue weighted by atomic mass is 35.5. The van der Waals surface area contributed by atoms with E-state index in [-0.39, 0.29) is 23.7 Å². The average molecular weight is 481 g/mol. The van der Waals surface area contributed by atoms with E-state index in [0.717, 1.165) is 12.8 Å². The summed E-state index contributed by atoms with van der Waals surface area (Å²) in [6.45, 7) is 7.03. The molecule has 1 saturated heterocycles. The molecule has 1 unspecified atom stereocenters. The molecule has 3 rings (SSSR count). The Morgan fingerprint density at radius 1 is 1.31 bits per heavy atom. The molecule has 2 N–H and O–H groups in total. The molecule has 32 heavy (non-hydrogen) atoms. The SMILES string of the molecule is CCCCNC(=O)N1CCN(c2cc(Cl)nc(SCC(=O)NCc3ccco3)n2)CC1C. The van der Waals surface area contributed by atoms with Gasteiger partial charge in [0.25, 0.3) is 0 Å². The number of carbonyl (C=O) groups is 2. The zero-order valence-electron chi connectivity index (χ0n) is 18.3. The van der Waals surface area contributed by atoms with Crippen molar-refractivity contribution >= 4 is 41.1 Å². The topological polar surface area (TPSA) is 104 Å². The molecule has 0 aromatic carbocycles. The van der Waals surface area contributed by atoms with E-state index in [1.165, 1.54) is 11.8 Å². The second kappa shape index (κ2) is 12.0. The maximum atomic E-state index is 12.4. The van der Waals surface area contributed by atoms with E-state index in [9.17, 15) is 9.59 Å². The summed E-state index contributed by atoms with van der Waals surface area (Å²) in [5.41, 5.74) is 0. The van der Waals surface area contributed by atoms with Crippen LogP contribution in [-0.4, -0.2) is 64.8 Å². The number of amides is 3. The predicted molar refractivity (Wildman–Crippen MR) is 125 cm³/mol. The second-order valence-electron chi connectivity index (χ2n) is 7.55. The van der Waals surface area contributed by atoms with Crippen LogP contribution in [0.25, 0.3) is 0 Å². The molecule has 1 aliphatic heterocycles. The number of hydrogen-bond acceptors (Lipinski definition) is 7. The molecule has 11 heteroatoms. The third kappa shape index (κ3) is 7.03. The number of carbonyl (C=O) groups excluding carboxylic acids is 2. The summed E-state index contributed by atoms with van der Waals surface area (Å²) in [6.07, 6.45) is 3.59. The first-order valence-electron chi connectivity index (χ1n) is 10.7. The Morgan fingerprint density at radius 2 is 2.16 bits per heavy atom. The van der Waals surface area contributed by atoms with Gasteiger partial charge < -0.3 is 24.9 Å². The van der Waals surface area contributed by atoms with Gasteiger partial charge in [0.15, 0.2) is 5.16 Å². The van der Waals surface area contributed by atoms with Gasteiger partial charge >= 0.3 is 6.03 Å². The summed E-state index contributed by atoms with van der Waals surface area (Å²) in [4.78, 5) is 37.3. The minimum Gasteiger partial charge on any atom is -0.467 e. The van der Waals surface area contributed by atoms with Gasteiger partial charge in [0.05, 0.1) is 18.6 Å². The van der Waals surface area contributed by atoms with Crippen LogP contribution in [0.1, 0.15) is 32.4 Å². The molecule has 9 nitrogen and oxygen atoms in total. The Kier molecular flexibility index (Phi) is 9.04. The third-order valence-corrected chi connectivity index (χ3v) is 6.09. The van der Waals surface area contributed by atoms with Crippen molar-refractivity contribution in [3.63, 3.8) is 0 Å². The number of hydrogen-bond donors (Lipinski definition) is 2. The van der Waals surface area contributed by atoms with Crippen LogP contribution in [0.2, 0.25) is 5.15 Å². The van der Waals surface area contributed by atoms with E-state index >= 15 is 0 Å². The van der Waals surface area contributed by atoms with Gasteiger partial charge in [-0.15, -0.1) is 0 Å². The van der Waals surface area contributed by atoms with E-state index in [1.807, 2.05) is 11.8 Å². The number of halogens is 1. The lowest BCUT2D eigenvalue weighted by molar-refractivity contribution is -0.118. The molecule has 2 aromatic heterocycles. The predicted octanol–water partition coefficient (Wildman–Crippen LogP) is 3.15. The van der Waals surface area contributed by atoms with Crippen molar-refractivity contribution in [2.24, 2.45) is 0 Å². The van der Waals surface area contributed by atoms with Gasteiger partial charge in [-0.05, 0) is 25.5 Å². The Bertz CT molecular complexity index is 898. The number of nitrogens with zero attached hydrogens (tertiary/aromatic N) is 4. The highest BCUT2D eigenvalue weighted by Gasteiger charge is 2.28. The van der Waals surface area contributed by atoms with Crippen LogP contribution < -0.4 is 15.5 Å². The first kappa shape index (κ1) is 24.2. The lowest BCUT2D eigenvalue weighted by atomic mass is 10.2. The standard InChI is InChI=1S/C21H29ClN6O3S/c1-3-4-7-23-21(30)28-9-8-27(13-15(28)2)18-11-17(22)25-20(26-18)32-14-19(29)24-12-16-6-5-10-31-16/h5-6,10-11,15H,3-4,7-9,12-14H2,1-2H3,(H,23,30)(H,24,29). The highest BCUT2D eigenvalue weighted by molar-refractivity contribution is 7.99. The summed E-state index contributed by atoms with van der Waals surface area (Å²) < 4.78 is 5.20. The summed E-state index contributed by atoms with van der Waals surface area (Å²) in [7, 11) is 0. The highest BCUT2D eigenvalue weighted by Crippen LogP contribution is 2.24. The monoisotopic (exact) mass is 480 g/mol. The number of furan rings is 1. The van der Waals surface area contributed by atoms with Crippen LogP contribution in [0.3, 0.4) is 0 Å². The molecular weight excluding hydrogens is 452 g/mol. The van der Waals surface area contributed by atoms with Crippen molar-refractivity contribution < 1.29 is 14.0 Å². The fraction of sp³-hybridized carbons (Fsp3) is 0.524. The fourth-order valence-electron chi connectivity index (χ4n) is 3.33. The number of unbranched alkanes of at least 4 members (excludes halogenated alkanes) is 1. The van der Waals surface area contributed by atoms with Crippen molar-refractivity contribution in [1.82, 2.24) is 25.5 Å². The van der Waals surface area contributed by atoms with Gasteiger partial charge in [0.1, 0.15) is 16.7 Å². The van der Waals surface area contributed by atoms with Crippen LogP contribution in [0.5, 0.6) is 0 Å². The molecule has 0 aliphatic carbocycles. The van der Waals surface area contributed by atoms with Crippen molar-refractivity contribution in [1.29, 1.82) is 0 Å². The van der Waals surface area contributed by atoms with E-state index < -0.39 is 0 Å². The molecule has 2 aromatic rings. The van der Waals surface area contributed by atoms with Crippen molar-refractivity contribution in [3.8, 4) is 0 Å². The van der Waals surface area contributed by atoms with E-state index in [0.29, 0.717) is 54.6 Å². The summed E-state index contributed by atoms with van der Waals surface area (Å²) in [5, 5.41) is 6.53. The normalized spacial score (nSPS) is 16.2. The number of thioether (sulfide) groups is 1. The maximum Gasteiger partial charge on any atom is 0.317 e. The van der Waals surface area contributed by atoms with Crippen LogP contribution in [-0.2, 0) is 11.3 Å².